The van der Waals surface area contributed by atoms with Crippen LogP contribution >= 0.6 is 8.46 Å². The van der Waals surface area contributed by atoms with Crippen LogP contribution < -0.4 is 9.47 Å². The lowest BCUT2D eigenvalue weighted by molar-refractivity contribution is 0.0974. The first-order chi connectivity index (χ1) is 9.04. The van der Waals surface area contributed by atoms with Gasteiger partial charge >= 0.3 is 0 Å². The molecule has 0 radical (unpaired) electrons. The summed E-state index contributed by atoms with van der Waals surface area (Å²) in [7, 11) is 2.83. The van der Waals surface area contributed by atoms with Crippen LogP contribution in [-0.2, 0) is 4.57 Å². The van der Waals surface area contributed by atoms with Gasteiger partial charge in [0.15, 0.2) is 14.2 Å². The molecule has 0 amide bonds. The molecule has 104 valence electrons. The summed E-state index contributed by atoms with van der Waals surface area (Å²) in [4.78, 5) is 12.5. The Bertz CT molecular complexity index is 435. The van der Waals surface area contributed by atoms with E-state index in [1.54, 1.807) is 18.2 Å². The van der Waals surface area contributed by atoms with Crippen LogP contribution in [0.3, 0.4) is 0 Å². The Morgan fingerprint density at radius 3 is 2.11 bits per heavy atom. The van der Waals surface area contributed by atoms with Crippen molar-refractivity contribution in [3.05, 3.63) is 23.8 Å². The van der Waals surface area contributed by atoms with E-state index in [1.807, 2.05) is 13.8 Å². The fraction of sp³-hybridized carbons (Fsp3) is 0.500. The molecule has 1 aromatic rings. The molecule has 0 heterocycles. The van der Waals surface area contributed by atoms with Gasteiger partial charge < -0.3 is 9.47 Å². The third-order valence-corrected chi connectivity index (χ3v) is 3.50. The summed E-state index contributed by atoms with van der Waals surface area (Å²) in [5.41, 5.74) is -0.202. The quantitative estimate of drug-likeness (QED) is 0.566. The van der Waals surface area contributed by atoms with Crippen LogP contribution in [0.2, 0.25) is 0 Å². The van der Waals surface area contributed by atoms with Crippen molar-refractivity contribution in [2.24, 2.45) is 5.92 Å². The molecular formula is C14H19O4P. The lowest BCUT2D eigenvalue weighted by Crippen LogP contribution is -2.18. The van der Waals surface area contributed by atoms with Crippen molar-refractivity contribution in [2.75, 3.05) is 14.2 Å². The van der Waals surface area contributed by atoms with E-state index in [0.29, 0.717) is 23.5 Å². The Morgan fingerprint density at radius 1 is 1.21 bits per heavy atom. The molecule has 0 saturated heterocycles. The number of ether oxygens (including phenoxy) is 2. The maximum absolute atomic E-state index is 12.5. The minimum Gasteiger partial charge on any atom is -0.496 e. The van der Waals surface area contributed by atoms with E-state index in [2.05, 4.69) is 0 Å². The Morgan fingerprint density at radius 2 is 1.74 bits per heavy atom. The average Bonchev–Trinajstić information content (AvgIpc) is 2.42. The van der Waals surface area contributed by atoms with Crippen LogP contribution in [-0.4, -0.2) is 25.7 Å². The van der Waals surface area contributed by atoms with Gasteiger partial charge in [-0.2, -0.15) is 0 Å². The fourth-order valence-electron chi connectivity index (χ4n) is 1.91. The van der Waals surface area contributed by atoms with E-state index in [0.717, 1.165) is 0 Å². The van der Waals surface area contributed by atoms with Crippen molar-refractivity contribution < 1.29 is 18.8 Å². The number of methoxy groups -OCH3 is 2. The highest BCUT2D eigenvalue weighted by atomic mass is 31.1. The number of benzene rings is 1. The average molecular weight is 282 g/mol. The lowest BCUT2D eigenvalue weighted by Gasteiger charge is -2.15. The van der Waals surface area contributed by atoms with Gasteiger partial charge in [0.05, 0.1) is 14.2 Å². The summed E-state index contributed by atoms with van der Waals surface area (Å²) >= 11 is 0. The van der Waals surface area contributed by atoms with E-state index in [-0.39, 0.29) is 20.2 Å². The Kier molecular flexibility index (Phi) is 5.97. The molecule has 0 saturated carbocycles. The second-order valence-corrected chi connectivity index (χ2v) is 5.49. The molecular weight excluding hydrogens is 263 g/mol. The van der Waals surface area contributed by atoms with Gasteiger partial charge in [0.1, 0.15) is 22.7 Å². The van der Waals surface area contributed by atoms with Crippen LogP contribution in [0.15, 0.2) is 18.2 Å². The van der Waals surface area contributed by atoms with Crippen LogP contribution in [0, 0.1) is 5.92 Å². The molecule has 1 rings (SSSR count). The van der Waals surface area contributed by atoms with Gasteiger partial charge in [-0.15, -0.1) is 0 Å². The van der Waals surface area contributed by atoms with Crippen molar-refractivity contribution in [1.82, 2.24) is 0 Å². The number of rotatable bonds is 7. The fourth-order valence-corrected chi connectivity index (χ4v) is 2.64. The molecule has 0 bridgehead atoms. The minimum atomic E-state index is -0.565. The standard InChI is InChI=1S/C14H19O4P/c1-9(2)8-12(19-16)14(15)13-10(17-3)6-5-7-11(13)18-4/h5-7,9,12H,8H2,1-4H3. The largest absolute Gasteiger partial charge is 0.496 e. The van der Waals surface area contributed by atoms with Gasteiger partial charge in [-0.05, 0) is 24.5 Å². The number of hydrogen-bond acceptors (Lipinski definition) is 4. The maximum Gasteiger partial charge on any atom is 0.184 e. The Labute approximate surface area is 115 Å². The number of hydrogen-bond donors (Lipinski definition) is 0. The summed E-state index contributed by atoms with van der Waals surface area (Å²) < 4.78 is 21.7. The molecule has 1 aromatic carbocycles. The first-order valence-electron chi connectivity index (χ1n) is 6.12. The van der Waals surface area contributed by atoms with Gasteiger partial charge in [-0.1, -0.05) is 19.9 Å². The number of carbonyl (C=O) groups excluding carboxylic acids is 1. The lowest BCUT2D eigenvalue weighted by atomic mass is 9.99. The molecule has 0 aliphatic heterocycles. The van der Waals surface area contributed by atoms with Crippen molar-refractivity contribution in [2.45, 2.75) is 25.9 Å². The van der Waals surface area contributed by atoms with Gasteiger partial charge in [0.2, 0.25) is 0 Å². The number of carbonyl (C=O) groups is 1. The predicted molar refractivity (Wildman–Crippen MR) is 74.7 cm³/mol. The Hall–Kier alpha value is -1.41. The second kappa shape index (κ2) is 7.25. The number of ketones is 1. The first-order valence-corrected chi connectivity index (χ1v) is 7.01. The van der Waals surface area contributed by atoms with Gasteiger partial charge in [-0.3, -0.25) is 9.36 Å². The molecule has 0 aliphatic rings. The normalized spacial score (nSPS) is 12.5. The summed E-state index contributed by atoms with van der Waals surface area (Å²) in [6.45, 7) is 3.98. The van der Waals surface area contributed by atoms with Crippen molar-refractivity contribution in [3.8, 4) is 11.5 Å². The summed E-state index contributed by atoms with van der Waals surface area (Å²) in [5.74, 6) is 0.972. The highest BCUT2D eigenvalue weighted by Crippen LogP contribution is 2.33. The molecule has 5 heteroatoms. The molecule has 1 atom stereocenters. The monoisotopic (exact) mass is 282 g/mol. The molecule has 0 fully saturated rings. The van der Waals surface area contributed by atoms with Crippen molar-refractivity contribution in [3.63, 3.8) is 0 Å². The van der Waals surface area contributed by atoms with Crippen molar-refractivity contribution in [1.29, 1.82) is 0 Å². The smallest absolute Gasteiger partial charge is 0.184 e. The van der Waals surface area contributed by atoms with Gasteiger partial charge in [0.25, 0.3) is 0 Å². The highest BCUT2D eigenvalue weighted by Gasteiger charge is 2.27. The summed E-state index contributed by atoms with van der Waals surface area (Å²) in [5, 5.41) is 0. The molecule has 0 aromatic heterocycles. The zero-order valence-corrected chi connectivity index (χ0v) is 12.6. The third kappa shape index (κ3) is 3.77. The zero-order valence-electron chi connectivity index (χ0n) is 11.7. The number of Topliss-reactive ketones (excluding diaryl/α,β-unsaturated/α-hetero) is 1. The molecule has 0 spiro atoms. The molecule has 4 nitrogen and oxygen atoms in total. The van der Waals surface area contributed by atoms with E-state index >= 15 is 0 Å². The van der Waals surface area contributed by atoms with E-state index in [4.69, 9.17) is 9.47 Å². The molecule has 1 unspecified atom stereocenters. The van der Waals surface area contributed by atoms with Crippen LogP contribution in [0.1, 0.15) is 30.6 Å². The summed E-state index contributed by atoms with van der Waals surface area (Å²) in [6.07, 6.45) is 0.561. The Balaban J connectivity index is 3.19. The highest BCUT2D eigenvalue weighted by molar-refractivity contribution is 7.26. The van der Waals surface area contributed by atoms with Crippen molar-refractivity contribution >= 4 is 14.2 Å². The molecule has 19 heavy (non-hydrogen) atoms. The topological polar surface area (TPSA) is 52.6 Å². The minimum absolute atomic E-state index is 0.169. The van der Waals surface area contributed by atoms with Crippen LogP contribution in [0.25, 0.3) is 0 Å². The van der Waals surface area contributed by atoms with Gasteiger partial charge in [-0.25, -0.2) is 0 Å². The first kappa shape index (κ1) is 15.6. The second-order valence-electron chi connectivity index (χ2n) is 4.65. The maximum atomic E-state index is 12.5. The molecule has 0 aliphatic carbocycles. The summed E-state index contributed by atoms with van der Waals surface area (Å²) in [6, 6.07) is 5.15. The predicted octanol–water partition coefficient (Wildman–Crippen LogP) is 3.59. The van der Waals surface area contributed by atoms with E-state index < -0.39 is 5.66 Å². The molecule has 0 N–H and O–H groups in total. The zero-order chi connectivity index (χ0) is 14.4. The van der Waals surface area contributed by atoms with Crippen LogP contribution in [0.4, 0.5) is 0 Å². The van der Waals surface area contributed by atoms with Gasteiger partial charge in [0, 0.05) is 0 Å². The van der Waals surface area contributed by atoms with E-state index in [9.17, 15) is 9.36 Å². The third-order valence-electron chi connectivity index (χ3n) is 2.80. The van der Waals surface area contributed by atoms with Crippen LogP contribution in [0.5, 0.6) is 11.5 Å². The SMILES string of the molecule is COc1cccc(OC)c1C(=O)C(CC(C)C)P=O. The van der Waals surface area contributed by atoms with E-state index in [1.165, 1.54) is 14.2 Å².